The quantitative estimate of drug-likeness (QED) is 0.670. The molecule has 4 N–H and O–H groups in total. The molecule has 1 heterocycles. The van der Waals surface area contributed by atoms with E-state index in [1.165, 1.54) is 4.90 Å². The molecule has 0 bridgehead atoms. The minimum atomic E-state index is -0.213. The third-order valence-corrected chi connectivity index (χ3v) is 2.58. The average molecular weight is 240 g/mol. The molecule has 96 valence electrons. The van der Waals surface area contributed by atoms with Crippen LogP contribution in [0.5, 0.6) is 0 Å². The fourth-order valence-electron chi connectivity index (χ4n) is 1.58. The number of aliphatic hydroxyl groups excluding tert-OH is 1. The Hall–Kier alpha value is -1.56. The third-order valence-electron chi connectivity index (χ3n) is 2.58. The van der Waals surface area contributed by atoms with Crippen LogP contribution >= 0.6 is 0 Å². The third kappa shape index (κ3) is 3.20. The molecule has 0 aliphatic rings. The summed E-state index contributed by atoms with van der Waals surface area (Å²) < 4.78 is 0. The van der Waals surface area contributed by atoms with Gasteiger partial charge in [0.2, 0.25) is 0 Å². The van der Waals surface area contributed by atoms with Gasteiger partial charge in [0.15, 0.2) is 5.69 Å². The van der Waals surface area contributed by atoms with Gasteiger partial charge in [-0.3, -0.25) is 9.89 Å². The molecule has 1 aromatic heterocycles. The summed E-state index contributed by atoms with van der Waals surface area (Å²) in [5.41, 5.74) is 7.39. The van der Waals surface area contributed by atoms with Crippen molar-refractivity contribution >= 4 is 11.6 Å². The first-order valence-electron chi connectivity index (χ1n) is 5.80. The molecule has 0 aliphatic carbocycles. The molecule has 0 aromatic carbocycles. The van der Waals surface area contributed by atoms with Gasteiger partial charge in [-0.25, -0.2) is 0 Å². The standard InChI is InChI=1S/C11H20N4O2/c1-3-5-8-9(12)10(14-13-8)11(17)15(2)6-4-7-16/h16H,3-7,12H2,1-2H3,(H,13,14). The lowest BCUT2D eigenvalue weighted by Crippen LogP contribution is -2.29. The van der Waals surface area contributed by atoms with Crippen LogP contribution < -0.4 is 5.73 Å². The predicted molar refractivity (Wildman–Crippen MR) is 65.7 cm³/mol. The zero-order valence-corrected chi connectivity index (χ0v) is 10.4. The van der Waals surface area contributed by atoms with Gasteiger partial charge < -0.3 is 15.7 Å². The molecule has 0 saturated carbocycles. The highest BCUT2D eigenvalue weighted by molar-refractivity contribution is 5.97. The number of hydrogen-bond acceptors (Lipinski definition) is 4. The zero-order chi connectivity index (χ0) is 12.8. The first kappa shape index (κ1) is 13.5. The number of nitrogens with two attached hydrogens (primary N) is 1. The van der Waals surface area contributed by atoms with Crippen LogP contribution in [-0.2, 0) is 6.42 Å². The molecule has 1 amide bonds. The molecule has 6 nitrogen and oxygen atoms in total. The Bertz CT molecular complexity index is 376. The summed E-state index contributed by atoms with van der Waals surface area (Å²) in [5, 5.41) is 15.5. The van der Waals surface area contributed by atoms with Crippen molar-refractivity contribution in [1.82, 2.24) is 15.1 Å². The molecule has 0 aliphatic heterocycles. The maximum absolute atomic E-state index is 12.0. The molecule has 0 unspecified atom stereocenters. The second-order valence-electron chi connectivity index (χ2n) is 4.02. The second-order valence-corrected chi connectivity index (χ2v) is 4.02. The molecule has 0 radical (unpaired) electrons. The largest absolute Gasteiger partial charge is 0.396 e. The molecule has 1 aromatic rings. The number of carbonyl (C=O) groups excluding carboxylic acids is 1. The number of amides is 1. The van der Waals surface area contributed by atoms with Crippen LogP contribution in [0.1, 0.15) is 35.9 Å². The Kier molecular flexibility index (Phi) is 4.96. The van der Waals surface area contributed by atoms with Crippen molar-refractivity contribution in [3.63, 3.8) is 0 Å². The zero-order valence-electron chi connectivity index (χ0n) is 10.4. The predicted octanol–water partition coefficient (Wildman–Crippen LogP) is 0.399. The van der Waals surface area contributed by atoms with Crippen molar-refractivity contribution in [3.8, 4) is 0 Å². The maximum atomic E-state index is 12.0. The van der Waals surface area contributed by atoms with E-state index in [9.17, 15) is 4.79 Å². The van der Waals surface area contributed by atoms with Crippen LogP contribution in [0, 0.1) is 0 Å². The summed E-state index contributed by atoms with van der Waals surface area (Å²) in [6.45, 7) is 2.59. The van der Waals surface area contributed by atoms with Crippen molar-refractivity contribution in [3.05, 3.63) is 11.4 Å². The first-order chi connectivity index (χ1) is 8.11. The summed E-state index contributed by atoms with van der Waals surface area (Å²) in [4.78, 5) is 13.5. The SMILES string of the molecule is CCCc1[nH]nc(C(=O)N(C)CCCO)c1N. The van der Waals surface area contributed by atoms with Crippen LogP contribution in [-0.4, -0.2) is 46.3 Å². The van der Waals surface area contributed by atoms with E-state index in [1.54, 1.807) is 7.05 Å². The van der Waals surface area contributed by atoms with Crippen LogP contribution in [0.15, 0.2) is 0 Å². The first-order valence-corrected chi connectivity index (χ1v) is 5.80. The topological polar surface area (TPSA) is 95.2 Å². The number of aromatic nitrogens is 2. The minimum Gasteiger partial charge on any atom is -0.396 e. The molecular weight excluding hydrogens is 220 g/mol. The number of aliphatic hydroxyl groups is 1. The summed E-state index contributed by atoms with van der Waals surface area (Å²) >= 11 is 0. The Morgan fingerprint density at radius 3 is 2.88 bits per heavy atom. The second kappa shape index (κ2) is 6.24. The van der Waals surface area contributed by atoms with Gasteiger partial charge in [-0.15, -0.1) is 0 Å². The molecule has 0 fully saturated rings. The van der Waals surface area contributed by atoms with Crippen molar-refractivity contribution in [2.75, 3.05) is 25.9 Å². The lowest BCUT2D eigenvalue weighted by atomic mass is 10.2. The number of hydrogen-bond donors (Lipinski definition) is 3. The molecule has 0 atom stereocenters. The molecule has 17 heavy (non-hydrogen) atoms. The van der Waals surface area contributed by atoms with Gasteiger partial charge in [0.05, 0.1) is 11.4 Å². The molecule has 0 saturated heterocycles. The highest BCUT2D eigenvalue weighted by atomic mass is 16.3. The molecule has 6 heteroatoms. The fraction of sp³-hybridized carbons (Fsp3) is 0.636. The Morgan fingerprint density at radius 1 is 1.59 bits per heavy atom. The van der Waals surface area contributed by atoms with Crippen molar-refractivity contribution in [1.29, 1.82) is 0 Å². The minimum absolute atomic E-state index is 0.0642. The van der Waals surface area contributed by atoms with Crippen LogP contribution in [0.2, 0.25) is 0 Å². The summed E-state index contributed by atoms with van der Waals surface area (Å²) in [6.07, 6.45) is 2.28. The van der Waals surface area contributed by atoms with E-state index in [4.69, 9.17) is 10.8 Å². The fourth-order valence-corrected chi connectivity index (χ4v) is 1.58. The highest BCUT2D eigenvalue weighted by Crippen LogP contribution is 2.17. The van der Waals surface area contributed by atoms with Gasteiger partial charge in [0.1, 0.15) is 0 Å². The molecular formula is C11H20N4O2. The van der Waals surface area contributed by atoms with Crippen molar-refractivity contribution in [2.45, 2.75) is 26.2 Å². The van der Waals surface area contributed by atoms with E-state index in [0.717, 1.165) is 18.5 Å². The van der Waals surface area contributed by atoms with Crippen LogP contribution in [0.3, 0.4) is 0 Å². The lowest BCUT2D eigenvalue weighted by molar-refractivity contribution is 0.0781. The highest BCUT2D eigenvalue weighted by Gasteiger charge is 2.19. The number of H-pyrrole nitrogens is 1. The number of rotatable bonds is 6. The maximum Gasteiger partial charge on any atom is 0.276 e. The van der Waals surface area contributed by atoms with Crippen molar-refractivity contribution < 1.29 is 9.90 Å². The lowest BCUT2D eigenvalue weighted by Gasteiger charge is -2.15. The average Bonchev–Trinajstić information content (AvgIpc) is 2.68. The Balaban J connectivity index is 2.75. The number of anilines is 1. The number of aryl methyl sites for hydroxylation is 1. The van der Waals surface area contributed by atoms with E-state index in [2.05, 4.69) is 10.2 Å². The Morgan fingerprint density at radius 2 is 2.29 bits per heavy atom. The van der Waals surface area contributed by atoms with Gasteiger partial charge in [-0.2, -0.15) is 5.10 Å². The number of nitrogen functional groups attached to an aromatic ring is 1. The van der Waals surface area contributed by atoms with Gasteiger partial charge >= 0.3 is 0 Å². The van der Waals surface area contributed by atoms with E-state index >= 15 is 0 Å². The molecule has 1 rings (SSSR count). The monoisotopic (exact) mass is 240 g/mol. The van der Waals surface area contributed by atoms with Crippen LogP contribution in [0.25, 0.3) is 0 Å². The number of aromatic amines is 1. The van der Waals surface area contributed by atoms with E-state index < -0.39 is 0 Å². The van der Waals surface area contributed by atoms with Gasteiger partial charge in [0.25, 0.3) is 5.91 Å². The Labute approximate surface area is 101 Å². The summed E-state index contributed by atoms with van der Waals surface area (Å²) in [7, 11) is 1.67. The van der Waals surface area contributed by atoms with Gasteiger partial charge in [-0.05, 0) is 12.8 Å². The summed E-state index contributed by atoms with van der Waals surface area (Å²) in [5.74, 6) is -0.213. The van der Waals surface area contributed by atoms with Crippen molar-refractivity contribution in [2.24, 2.45) is 0 Å². The molecule has 0 spiro atoms. The van der Waals surface area contributed by atoms with Gasteiger partial charge in [-0.1, -0.05) is 13.3 Å². The number of carbonyl (C=O) groups is 1. The smallest absolute Gasteiger partial charge is 0.276 e. The van der Waals surface area contributed by atoms with Gasteiger partial charge in [0, 0.05) is 20.2 Å². The summed E-state index contributed by atoms with van der Waals surface area (Å²) in [6, 6.07) is 0. The number of nitrogens with one attached hydrogen (secondary N) is 1. The normalized spacial score (nSPS) is 10.5. The van der Waals surface area contributed by atoms with E-state index in [-0.39, 0.29) is 18.2 Å². The number of nitrogens with zero attached hydrogens (tertiary/aromatic N) is 2. The van der Waals surface area contributed by atoms with Crippen LogP contribution in [0.4, 0.5) is 5.69 Å². The van der Waals surface area contributed by atoms with E-state index in [0.29, 0.717) is 18.7 Å². The van der Waals surface area contributed by atoms with E-state index in [1.807, 2.05) is 6.92 Å².